The van der Waals surface area contributed by atoms with Gasteiger partial charge in [0.15, 0.2) is 0 Å². The van der Waals surface area contributed by atoms with Crippen LogP contribution in [0.5, 0.6) is 0 Å². The number of nitrogens with one attached hydrogen (secondary N) is 1. The van der Waals surface area contributed by atoms with Gasteiger partial charge in [-0.15, -0.1) is 0 Å². The highest BCUT2D eigenvalue weighted by molar-refractivity contribution is 5.30. The zero-order chi connectivity index (χ0) is 14.0. The maximum Gasteiger partial charge on any atom is 0.416 e. The Hall–Kier alpha value is -1.10. The lowest BCUT2D eigenvalue weighted by atomic mass is 10.0. The first kappa shape index (κ1) is 15.0. The van der Waals surface area contributed by atoms with Gasteiger partial charge < -0.3 is 5.32 Å². The normalized spacial score (nSPS) is 12.8. The molecular formula is C13H17F4N. The van der Waals surface area contributed by atoms with Gasteiger partial charge in [-0.25, -0.2) is 4.39 Å². The minimum absolute atomic E-state index is 0.112. The van der Waals surface area contributed by atoms with Gasteiger partial charge in [-0.05, 0) is 51.4 Å². The van der Waals surface area contributed by atoms with E-state index in [-0.39, 0.29) is 17.5 Å². The Morgan fingerprint density at radius 1 is 1.11 bits per heavy atom. The van der Waals surface area contributed by atoms with Crippen molar-refractivity contribution in [1.82, 2.24) is 5.32 Å². The first-order valence-corrected chi connectivity index (χ1v) is 5.70. The maximum atomic E-state index is 12.9. The molecule has 0 saturated heterocycles. The van der Waals surface area contributed by atoms with Gasteiger partial charge in [0.1, 0.15) is 5.82 Å². The average Bonchev–Trinajstić information content (AvgIpc) is 2.17. The minimum Gasteiger partial charge on any atom is -0.312 e. The Balaban J connectivity index is 2.83. The second kappa shape index (κ2) is 5.26. The van der Waals surface area contributed by atoms with Crippen LogP contribution < -0.4 is 5.32 Å². The summed E-state index contributed by atoms with van der Waals surface area (Å²) >= 11 is 0. The monoisotopic (exact) mass is 263 g/mol. The van der Waals surface area contributed by atoms with Crippen LogP contribution in [0.25, 0.3) is 0 Å². The topological polar surface area (TPSA) is 12.0 Å². The Labute approximate surface area is 104 Å². The lowest BCUT2D eigenvalue weighted by molar-refractivity contribution is -0.138. The number of hydrogen-bond donors (Lipinski definition) is 1. The Morgan fingerprint density at radius 3 is 2.22 bits per heavy atom. The fourth-order valence-electron chi connectivity index (χ4n) is 1.60. The zero-order valence-electron chi connectivity index (χ0n) is 10.7. The summed E-state index contributed by atoms with van der Waals surface area (Å²) in [7, 11) is 0. The molecule has 0 heterocycles. The zero-order valence-corrected chi connectivity index (χ0v) is 10.7. The minimum atomic E-state index is -4.51. The van der Waals surface area contributed by atoms with Gasteiger partial charge in [-0.2, -0.15) is 13.2 Å². The van der Waals surface area contributed by atoms with Crippen LogP contribution in [0.4, 0.5) is 17.6 Å². The van der Waals surface area contributed by atoms with Gasteiger partial charge in [-0.1, -0.05) is 6.07 Å². The van der Waals surface area contributed by atoms with Gasteiger partial charge in [0, 0.05) is 5.54 Å². The molecule has 0 unspecified atom stereocenters. The lowest BCUT2D eigenvalue weighted by Gasteiger charge is -2.21. The molecule has 18 heavy (non-hydrogen) atoms. The van der Waals surface area contributed by atoms with Crippen molar-refractivity contribution in [2.75, 3.05) is 6.54 Å². The fraction of sp³-hybridized carbons (Fsp3) is 0.538. The molecule has 1 aromatic rings. The summed E-state index contributed by atoms with van der Waals surface area (Å²) in [4.78, 5) is 0. The largest absolute Gasteiger partial charge is 0.416 e. The Morgan fingerprint density at radius 2 is 1.72 bits per heavy atom. The molecule has 0 bridgehead atoms. The number of alkyl halides is 3. The van der Waals surface area contributed by atoms with Crippen molar-refractivity contribution < 1.29 is 17.6 Å². The van der Waals surface area contributed by atoms with E-state index in [4.69, 9.17) is 0 Å². The molecular weight excluding hydrogens is 246 g/mol. The molecule has 0 aliphatic heterocycles. The van der Waals surface area contributed by atoms with Crippen molar-refractivity contribution in [2.45, 2.75) is 38.9 Å². The van der Waals surface area contributed by atoms with Gasteiger partial charge in [0.05, 0.1) is 5.56 Å². The molecule has 0 saturated carbocycles. The van der Waals surface area contributed by atoms with Gasteiger partial charge in [-0.3, -0.25) is 0 Å². The van der Waals surface area contributed by atoms with Gasteiger partial charge >= 0.3 is 6.18 Å². The molecule has 1 aromatic carbocycles. The molecule has 102 valence electrons. The maximum absolute atomic E-state index is 12.9. The standard InChI is InChI=1S/C13H17F4N/c1-12(2,3)18-7-6-9-4-5-10(14)8-11(9)13(15,16)17/h4-5,8,18H,6-7H2,1-3H3. The second-order valence-electron chi connectivity index (χ2n) is 5.23. The predicted molar refractivity (Wildman–Crippen MR) is 62.9 cm³/mol. The van der Waals surface area contributed by atoms with Crippen LogP contribution in [-0.2, 0) is 12.6 Å². The Bertz CT molecular complexity index is 404. The lowest BCUT2D eigenvalue weighted by Crippen LogP contribution is -2.37. The molecule has 0 radical (unpaired) electrons. The van der Waals surface area contributed by atoms with Crippen LogP contribution >= 0.6 is 0 Å². The fourth-order valence-corrected chi connectivity index (χ4v) is 1.60. The molecule has 0 aliphatic carbocycles. The van der Waals surface area contributed by atoms with Gasteiger partial charge in [0.25, 0.3) is 0 Å². The summed E-state index contributed by atoms with van der Waals surface area (Å²) in [6.07, 6.45) is -4.30. The third-order valence-corrected chi connectivity index (χ3v) is 2.43. The first-order valence-electron chi connectivity index (χ1n) is 5.70. The van der Waals surface area contributed by atoms with E-state index in [1.54, 1.807) is 0 Å². The van der Waals surface area contributed by atoms with Gasteiger partial charge in [0.2, 0.25) is 0 Å². The van der Waals surface area contributed by atoms with Crippen LogP contribution in [0.15, 0.2) is 18.2 Å². The molecule has 0 amide bonds. The van der Waals surface area contributed by atoms with E-state index in [0.29, 0.717) is 12.6 Å². The van der Waals surface area contributed by atoms with E-state index in [2.05, 4.69) is 5.32 Å². The molecule has 5 heteroatoms. The van der Waals surface area contributed by atoms with Crippen molar-refractivity contribution >= 4 is 0 Å². The van der Waals surface area contributed by atoms with Crippen molar-refractivity contribution in [1.29, 1.82) is 0 Å². The molecule has 1 N–H and O–H groups in total. The van der Waals surface area contributed by atoms with Crippen LogP contribution in [0, 0.1) is 5.82 Å². The van der Waals surface area contributed by atoms with E-state index in [1.807, 2.05) is 20.8 Å². The van der Waals surface area contributed by atoms with E-state index in [0.717, 1.165) is 6.07 Å². The van der Waals surface area contributed by atoms with E-state index >= 15 is 0 Å². The summed E-state index contributed by atoms with van der Waals surface area (Å²) in [5.41, 5.74) is -0.933. The molecule has 1 nitrogen and oxygen atoms in total. The van der Waals surface area contributed by atoms with Crippen LogP contribution in [-0.4, -0.2) is 12.1 Å². The quantitative estimate of drug-likeness (QED) is 0.818. The van der Waals surface area contributed by atoms with Crippen LogP contribution in [0.3, 0.4) is 0 Å². The molecule has 0 aliphatic rings. The molecule has 1 rings (SSSR count). The summed E-state index contributed by atoms with van der Waals surface area (Å²) in [5.74, 6) is -0.866. The highest BCUT2D eigenvalue weighted by Crippen LogP contribution is 2.32. The number of rotatable bonds is 3. The Kier molecular flexibility index (Phi) is 4.37. The van der Waals surface area contributed by atoms with Crippen molar-refractivity contribution in [3.8, 4) is 0 Å². The molecule has 0 spiro atoms. The second-order valence-corrected chi connectivity index (χ2v) is 5.23. The summed E-state index contributed by atoms with van der Waals surface area (Å²) < 4.78 is 51.0. The highest BCUT2D eigenvalue weighted by Gasteiger charge is 2.33. The van der Waals surface area contributed by atoms with Crippen molar-refractivity contribution in [2.24, 2.45) is 0 Å². The molecule has 0 aromatic heterocycles. The van der Waals surface area contributed by atoms with Crippen molar-refractivity contribution in [3.05, 3.63) is 35.1 Å². The smallest absolute Gasteiger partial charge is 0.312 e. The predicted octanol–water partition coefficient (Wildman–Crippen LogP) is 3.78. The van der Waals surface area contributed by atoms with E-state index in [1.165, 1.54) is 6.07 Å². The summed E-state index contributed by atoms with van der Waals surface area (Å²) in [6, 6.07) is 2.80. The summed E-state index contributed by atoms with van der Waals surface area (Å²) in [6.45, 7) is 6.21. The summed E-state index contributed by atoms with van der Waals surface area (Å²) in [5, 5.41) is 3.10. The molecule has 0 fully saturated rings. The number of benzene rings is 1. The SMILES string of the molecule is CC(C)(C)NCCc1ccc(F)cc1C(F)(F)F. The van der Waals surface area contributed by atoms with E-state index < -0.39 is 17.6 Å². The van der Waals surface area contributed by atoms with Crippen LogP contribution in [0.1, 0.15) is 31.9 Å². The number of hydrogen-bond acceptors (Lipinski definition) is 1. The number of halogens is 4. The average molecular weight is 263 g/mol. The highest BCUT2D eigenvalue weighted by atomic mass is 19.4. The van der Waals surface area contributed by atoms with E-state index in [9.17, 15) is 17.6 Å². The van der Waals surface area contributed by atoms with Crippen LogP contribution in [0.2, 0.25) is 0 Å². The first-order chi connectivity index (χ1) is 8.09. The third-order valence-electron chi connectivity index (χ3n) is 2.43. The molecule has 0 atom stereocenters. The van der Waals surface area contributed by atoms with Crippen molar-refractivity contribution in [3.63, 3.8) is 0 Å². The third kappa shape index (κ3) is 4.64.